The van der Waals surface area contributed by atoms with E-state index in [-0.39, 0.29) is 6.61 Å². The van der Waals surface area contributed by atoms with Crippen LogP contribution in [0.2, 0.25) is 0 Å². The van der Waals surface area contributed by atoms with E-state index in [1.54, 1.807) is 0 Å². The van der Waals surface area contributed by atoms with Crippen molar-refractivity contribution >= 4 is 31.9 Å². The Labute approximate surface area is 118 Å². The fourth-order valence-electron chi connectivity index (χ4n) is 1.29. The molecule has 0 aromatic heterocycles. The SMILES string of the molecule is CCCOCCOc1c(Br)cc(CO)cc1Br. The van der Waals surface area contributed by atoms with Crippen molar-refractivity contribution in [2.45, 2.75) is 20.0 Å². The lowest BCUT2D eigenvalue weighted by Gasteiger charge is -2.11. The molecule has 3 nitrogen and oxygen atoms in total. The van der Waals surface area contributed by atoms with Gasteiger partial charge in [0, 0.05) is 6.61 Å². The number of halogens is 2. The molecule has 0 saturated carbocycles. The van der Waals surface area contributed by atoms with Crippen molar-refractivity contribution in [1.29, 1.82) is 0 Å². The predicted molar refractivity (Wildman–Crippen MR) is 74.4 cm³/mol. The average molecular weight is 368 g/mol. The highest BCUT2D eigenvalue weighted by molar-refractivity contribution is 9.11. The maximum Gasteiger partial charge on any atom is 0.147 e. The number of aliphatic hydroxyl groups is 1. The van der Waals surface area contributed by atoms with Crippen LogP contribution < -0.4 is 4.74 Å². The highest BCUT2D eigenvalue weighted by Gasteiger charge is 2.08. The van der Waals surface area contributed by atoms with Crippen LogP contribution in [0, 0.1) is 0 Å². The number of hydrogen-bond donors (Lipinski definition) is 1. The molecular weight excluding hydrogens is 352 g/mol. The molecule has 0 unspecified atom stereocenters. The molecule has 0 bridgehead atoms. The summed E-state index contributed by atoms with van der Waals surface area (Å²) in [7, 11) is 0. The Bertz CT molecular complexity index is 333. The Morgan fingerprint density at radius 3 is 2.29 bits per heavy atom. The van der Waals surface area contributed by atoms with E-state index < -0.39 is 0 Å². The summed E-state index contributed by atoms with van der Waals surface area (Å²) in [5.41, 5.74) is 0.832. The molecule has 1 N–H and O–H groups in total. The Balaban J connectivity index is 2.53. The molecule has 1 aromatic rings. The summed E-state index contributed by atoms with van der Waals surface area (Å²) in [6.45, 7) is 3.93. The molecule has 0 aliphatic heterocycles. The summed E-state index contributed by atoms with van der Waals surface area (Å²) < 4.78 is 12.6. The van der Waals surface area contributed by atoms with Crippen molar-refractivity contribution in [3.8, 4) is 5.75 Å². The molecule has 0 saturated heterocycles. The number of benzene rings is 1. The quantitative estimate of drug-likeness (QED) is 0.749. The van der Waals surface area contributed by atoms with Gasteiger partial charge in [-0.25, -0.2) is 0 Å². The molecule has 0 spiro atoms. The van der Waals surface area contributed by atoms with Crippen LogP contribution >= 0.6 is 31.9 Å². The van der Waals surface area contributed by atoms with Crippen LogP contribution in [0.4, 0.5) is 0 Å². The van der Waals surface area contributed by atoms with Crippen LogP contribution in [0.15, 0.2) is 21.1 Å². The number of ether oxygens (including phenoxy) is 2. The minimum Gasteiger partial charge on any atom is -0.489 e. The predicted octanol–water partition coefficient (Wildman–Crippen LogP) is 3.51. The first-order valence-electron chi connectivity index (χ1n) is 5.48. The lowest BCUT2D eigenvalue weighted by molar-refractivity contribution is 0.100. The van der Waals surface area contributed by atoms with Gasteiger partial charge in [0.15, 0.2) is 0 Å². The van der Waals surface area contributed by atoms with Gasteiger partial charge >= 0.3 is 0 Å². The van der Waals surface area contributed by atoms with Gasteiger partial charge in [0.2, 0.25) is 0 Å². The van der Waals surface area contributed by atoms with E-state index in [0.29, 0.717) is 13.2 Å². The molecule has 5 heteroatoms. The van der Waals surface area contributed by atoms with Crippen LogP contribution in [0.5, 0.6) is 5.75 Å². The zero-order valence-electron chi connectivity index (χ0n) is 9.71. The molecule has 0 aliphatic carbocycles. The van der Waals surface area contributed by atoms with Crippen LogP contribution in [0.25, 0.3) is 0 Å². The van der Waals surface area contributed by atoms with E-state index in [2.05, 4.69) is 38.8 Å². The minimum atomic E-state index is 0.0110. The van der Waals surface area contributed by atoms with Crippen molar-refractivity contribution < 1.29 is 14.6 Å². The summed E-state index contributed by atoms with van der Waals surface area (Å²) in [6.07, 6.45) is 1.01. The Kier molecular flexibility index (Phi) is 7.11. The van der Waals surface area contributed by atoms with Gasteiger partial charge in [-0.05, 0) is 56.0 Å². The van der Waals surface area contributed by atoms with Crippen molar-refractivity contribution in [3.63, 3.8) is 0 Å². The summed E-state index contributed by atoms with van der Waals surface area (Å²) in [5.74, 6) is 0.738. The molecule has 0 radical (unpaired) electrons. The van der Waals surface area contributed by atoms with E-state index in [4.69, 9.17) is 14.6 Å². The van der Waals surface area contributed by atoms with Gasteiger partial charge in [0.1, 0.15) is 12.4 Å². The maximum absolute atomic E-state index is 9.05. The number of aliphatic hydroxyl groups excluding tert-OH is 1. The van der Waals surface area contributed by atoms with Crippen LogP contribution in [-0.2, 0) is 11.3 Å². The van der Waals surface area contributed by atoms with Crippen molar-refractivity contribution in [1.82, 2.24) is 0 Å². The highest BCUT2D eigenvalue weighted by atomic mass is 79.9. The lowest BCUT2D eigenvalue weighted by atomic mass is 10.2. The Morgan fingerprint density at radius 2 is 1.76 bits per heavy atom. The third-order valence-electron chi connectivity index (χ3n) is 2.06. The van der Waals surface area contributed by atoms with E-state index >= 15 is 0 Å². The largest absolute Gasteiger partial charge is 0.489 e. The molecule has 0 fully saturated rings. The fraction of sp³-hybridized carbons (Fsp3) is 0.500. The first-order chi connectivity index (χ1) is 8.19. The second kappa shape index (κ2) is 8.08. The van der Waals surface area contributed by atoms with Crippen molar-refractivity contribution in [3.05, 3.63) is 26.6 Å². The third kappa shape index (κ3) is 4.95. The minimum absolute atomic E-state index is 0.0110. The van der Waals surface area contributed by atoms with E-state index in [1.807, 2.05) is 12.1 Å². The summed E-state index contributed by atoms with van der Waals surface area (Å²) in [5, 5.41) is 9.05. The number of rotatable bonds is 7. The van der Waals surface area contributed by atoms with Crippen molar-refractivity contribution in [2.24, 2.45) is 0 Å². The standard InChI is InChI=1S/C12H16Br2O3/c1-2-3-16-4-5-17-12-10(13)6-9(8-15)7-11(12)14/h6-7,15H,2-5,8H2,1H3. The molecule has 0 heterocycles. The van der Waals surface area contributed by atoms with E-state index in [9.17, 15) is 0 Å². The molecule has 1 aromatic carbocycles. The van der Waals surface area contributed by atoms with E-state index in [1.165, 1.54) is 0 Å². The summed E-state index contributed by atoms with van der Waals surface area (Å²) in [4.78, 5) is 0. The monoisotopic (exact) mass is 366 g/mol. The first kappa shape index (κ1) is 15.0. The van der Waals surface area contributed by atoms with Gasteiger partial charge in [-0.1, -0.05) is 6.92 Å². The molecule has 1 rings (SSSR count). The molecule has 0 atom stereocenters. The molecule has 96 valence electrons. The average Bonchev–Trinajstić information content (AvgIpc) is 2.31. The van der Waals surface area contributed by atoms with Gasteiger partial charge < -0.3 is 14.6 Å². The van der Waals surface area contributed by atoms with E-state index in [0.717, 1.165) is 33.3 Å². The van der Waals surface area contributed by atoms with Gasteiger partial charge in [0.25, 0.3) is 0 Å². The van der Waals surface area contributed by atoms with Gasteiger partial charge in [0.05, 0.1) is 22.2 Å². The molecule has 0 amide bonds. The zero-order chi connectivity index (χ0) is 12.7. The Hall–Kier alpha value is -0.100. The number of hydrogen-bond acceptors (Lipinski definition) is 3. The normalized spacial score (nSPS) is 10.6. The van der Waals surface area contributed by atoms with Crippen LogP contribution in [-0.4, -0.2) is 24.9 Å². The topological polar surface area (TPSA) is 38.7 Å². The second-order valence-electron chi connectivity index (χ2n) is 3.51. The van der Waals surface area contributed by atoms with Crippen LogP contribution in [0.1, 0.15) is 18.9 Å². The molecule has 0 aliphatic rings. The van der Waals surface area contributed by atoms with Gasteiger partial charge in [-0.2, -0.15) is 0 Å². The smallest absolute Gasteiger partial charge is 0.147 e. The second-order valence-corrected chi connectivity index (χ2v) is 5.22. The highest BCUT2D eigenvalue weighted by Crippen LogP contribution is 2.34. The molecular formula is C12H16Br2O3. The first-order valence-corrected chi connectivity index (χ1v) is 7.07. The van der Waals surface area contributed by atoms with Crippen molar-refractivity contribution in [2.75, 3.05) is 19.8 Å². The maximum atomic E-state index is 9.05. The van der Waals surface area contributed by atoms with Gasteiger partial charge in [-0.3, -0.25) is 0 Å². The van der Waals surface area contributed by atoms with Crippen LogP contribution in [0.3, 0.4) is 0 Å². The lowest BCUT2D eigenvalue weighted by Crippen LogP contribution is -2.08. The summed E-state index contributed by atoms with van der Waals surface area (Å²) >= 11 is 6.83. The fourth-order valence-corrected chi connectivity index (χ4v) is 2.80. The van der Waals surface area contributed by atoms with Gasteiger partial charge in [-0.15, -0.1) is 0 Å². The summed E-state index contributed by atoms with van der Waals surface area (Å²) in [6, 6.07) is 3.68. The Morgan fingerprint density at radius 1 is 1.12 bits per heavy atom. The third-order valence-corrected chi connectivity index (χ3v) is 3.24. The zero-order valence-corrected chi connectivity index (χ0v) is 12.9. The molecule has 17 heavy (non-hydrogen) atoms.